The van der Waals surface area contributed by atoms with Crippen LogP contribution in [-0.4, -0.2) is 17.4 Å². The number of nitrogens with one attached hydrogen (secondary N) is 2. The van der Waals surface area contributed by atoms with E-state index in [0.717, 1.165) is 23.6 Å². The lowest BCUT2D eigenvalue weighted by Crippen LogP contribution is -2.38. The molecule has 0 amide bonds. The van der Waals surface area contributed by atoms with Gasteiger partial charge in [0.05, 0.1) is 11.5 Å². The molecule has 0 aliphatic carbocycles. The van der Waals surface area contributed by atoms with Crippen LogP contribution in [-0.2, 0) is 13.1 Å². The lowest BCUT2D eigenvalue weighted by molar-refractivity contribution is -0.384. The fraction of sp³-hybridized carbons (Fsp3) is 0.316. The number of nitrogens with zero attached hydrogens (tertiary/aromatic N) is 2. The van der Waals surface area contributed by atoms with Gasteiger partial charge < -0.3 is 10.6 Å². The van der Waals surface area contributed by atoms with Crippen molar-refractivity contribution in [2.24, 2.45) is 10.9 Å². The molecule has 0 fully saturated rings. The smallest absolute Gasteiger partial charge is 0.269 e. The van der Waals surface area contributed by atoms with Gasteiger partial charge in [0, 0.05) is 25.2 Å². The topological polar surface area (TPSA) is 79.6 Å². The van der Waals surface area contributed by atoms with Crippen molar-refractivity contribution in [3.8, 4) is 0 Å². The molecule has 0 saturated carbocycles. The highest BCUT2D eigenvalue weighted by molar-refractivity contribution is 5.79. The van der Waals surface area contributed by atoms with E-state index in [9.17, 15) is 10.1 Å². The molecular weight excluding hydrogens is 316 g/mol. The van der Waals surface area contributed by atoms with E-state index in [4.69, 9.17) is 0 Å². The molecule has 2 rings (SSSR count). The molecule has 0 aliphatic rings. The Hall–Kier alpha value is -2.89. The number of rotatable bonds is 7. The Bertz CT molecular complexity index is 697. The zero-order chi connectivity index (χ0) is 18.1. The molecule has 0 unspecified atom stereocenters. The van der Waals surface area contributed by atoms with Gasteiger partial charge in [-0.15, -0.1) is 0 Å². The molecule has 0 atom stereocenters. The average molecular weight is 340 g/mol. The van der Waals surface area contributed by atoms with Crippen molar-refractivity contribution < 1.29 is 4.92 Å². The third-order valence-electron chi connectivity index (χ3n) is 3.55. The van der Waals surface area contributed by atoms with E-state index in [0.29, 0.717) is 19.0 Å². The molecule has 0 radical (unpaired) electrons. The molecule has 0 aromatic heterocycles. The zero-order valence-electron chi connectivity index (χ0n) is 14.6. The van der Waals surface area contributed by atoms with Crippen molar-refractivity contribution in [3.05, 3.63) is 75.8 Å². The maximum absolute atomic E-state index is 10.7. The summed E-state index contributed by atoms with van der Waals surface area (Å²) in [6, 6.07) is 16.6. The van der Waals surface area contributed by atoms with Crippen molar-refractivity contribution in [2.45, 2.75) is 26.9 Å². The van der Waals surface area contributed by atoms with Crippen molar-refractivity contribution in [3.63, 3.8) is 0 Å². The molecule has 6 nitrogen and oxygen atoms in total. The van der Waals surface area contributed by atoms with Gasteiger partial charge in [0.2, 0.25) is 0 Å². The Morgan fingerprint density at radius 1 is 1.04 bits per heavy atom. The van der Waals surface area contributed by atoms with Crippen LogP contribution in [0.5, 0.6) is 0 Å². The number of non-ortho nitro benzene ring substituents is 1. The van der Waals surface area contributed by atoms with Crippen molar-refractivity contribution in [1.29, 1.82) is 0 Å². The molecule has 0 heterocycles. The van der Waals surface area contributed by atoms with Gasteiger partial charge in [-0.1, -0.05) is 56.3 Å². The van der Waals surface area contributed by atoms with Crippen LogP contribution < -0.4 is 10.6 Å². The number of nitro groups is 1. The average Bonchev–Trinajstić information content (AvgIpc) is 2.62. The molecule has 0 saturated heterocycles. The summed E-state index contributed by atoms with van der Waals surface area (Å²) in [6.07, 6.45) is 0. The van der Waals surface area contributed by atoms with Crippen LogP contribution in [0.3, 0.4) is 0 Å². The summed E-state index contributed by atoms with van der Waals surface area (Å²) in [5, 5.41) is 17.3. The monoisotopic (exact) mass is 340 g/mol. The molecule has 2 aromatic rings. The lowest BCUT2D eigenvalue weighted by atomic mass is 10.2. The first-order chi connectivity index (χ1) is 12.0. The van der Waals surface area contributed by atoms with Crippen molar-refractivity contribution in [2.75, 3.05) is 6.54 Å². The molecule has 0 aliphatic heterocycles. The minimum Gasteiger partial charge on any atom is -0.356 e. The van der Waals surface area contributed by atoms with Gasteiger partial charge >= 0.3 is 0 Å². The highest BCUT2D eigenvalue weighted by Crippen LogP contribution is 2.11. The van der Waals surface area contributed by atoms with Gasteiger partial charge in [-0.05, 0) is 17.0 Å². The van der Waals surface area contributed by atoms with Gasteiger partial charge in [-0.3, -0.25) is 10.1 Å². The highest BCUT2D eigenvalue weighted by atomic mass is 16.6. The SMILES string of the molecule is CC(C)CNC(=NCc1ccccc1)NCc1ccc([N+](=O)[O-])cc1. The summed E-state index contributed by atoms with van der Waals surface area (Å²) in [5.41, 5.74) is 2.20. The maximum atomic E-state index is 10.7. The van der Waals surface area contributed by atoms with E-state index < -0.39 is 4.92 Å². The number of guanidine groups is 1. The first-order valence-corrected chi connectivity index (χ1v) is 8.34. The first-order valence-electron chi connectivity index (χ1n) is 8.34. The standard InChI is InChI=1S/C19H24N4O2/c1-15(2)12-20-19(21-13-16-6-4-3-5-7-16)22-14-17-8-10-18(11-9-17)23(24)25/h3-11,15H,12-14H2,1-2H3,(H2,20,21,22). The normalized spacial score (nSPS) is 11.4. The predicted octanol–water partition coefficient (Wildman–Crippen LogP) is 3.49. The van der Waals surface area contributed by atoms with Crippen molar-refractivity contribution >= 4 is 11.6 Å². The summed E-state index contributed by atoms with van der Waals surface area (Å²) in [5.74, 6) is 1.24. The van der Waals surface area contributed by atoms with Crippen LogP contribution in [0.1, 0.15) is 25.0 Å². The van der Waals surface area contributed by atoms with Crippen LogP contribution in [0.4, 0.5) is 5.69 Å². The fourth-order valence-corrected chi connectivity index (χ4v) is 2.15. The number of hydrogen-bond donors (Lipinski definition) is 2. The van der Waals surface area contributed by atoms with E-state index >= 15 is 0 Å². The molecular formula is C19H24N4O2. The molecule has 0 spiro atoms. The zero-order valence-corrected chi connectivity index (χ0v) is 14.6. The minimum atomic E-state index is -0.395. The van der Waals surface area contributed by atoms with Crippen LogP contribution >= 0.6 is 0 Å². The van der Waals surface area contributed by atoms with Gasteiger partial charge in [-0.25, -0.2) is 4.99 Å². The van der Waals surface area contributed by atoms with Gasteiger partial charge in [0.1, 0.15) is 0 Å². The maximum Gasteiger partial charge on any atom is 0.269 e. The lowest BCUT2D eigenvalue weighted by Gasteiger charge is -2.14. The summed E-state index contributed by atoms with van der Waals surface area (Å²) in [6.45, 7) is 6.24. The molecule has 2 N–H and O–H groups in total. The van der Waals surface area contributed by atoms with Crippen LogP contribution in [0.15, 0.2) is 59.6 Å². The quantitative estimate of drug-likeness (QED) is 0.350. The number of nitro benzene ring substituents is 1. The van der Waals surface area contributed by atoms with Gasteiger partial charge in [-0.2, -0.15) is 0 Å². The molecule has 132 valence electrons. The van der Waals surface area contributed by atoms with Crippen LogP contribution in [0.2, 0.25) is 0 Å². The van der Waals surface area contributed by atoms with Crippen LogP contribution in [0.25, 0.3) is 0 Å². The third kappa shape index (κ3) is 6.63. The predicted molar refractivity (Wildman–Crippen MR) is 100 cm³/mol. The summed E-state index contributed by atoms with van der Waals surface area (Å²) in [7, 11) is 0. The van der Waals surface area contributed by atoms with E-state index in [2.05, 4.69) is 29.5 Å². The Balaban J connectivity index is 1.98. The second-order valence-corrected chi connectivity index (χ2v) is 6.20. The van der Waals surface area contributed by atoms with Crippen LogP contribution in [0, 0.1) is 16.0 Å². The summed E-state index contributed by atoms with van der Waals surface area (Å²) < 4.78 is 0. The fourth-order valence-electron chi connectivity index (χ4n) is 2.15. The molecule has 2 aromatic carbocycles. The third-order valence-corrected chi connectivity index (χ3v) is 3.55. The Morgan fingerprint density at radius 2 is 1.72 bits per heavy atom. The van der Waals surface area contributed by atoms with E-state index in [1.807, 2.05) is 30.3 Å². The molecule has 0 bridgehead atoms. The summed E-state index contributed by atoms with van der Waals surface area (Å²) in [4.78, 5) is 14.9. The number of aliphatic imine (C=N–C) groups is 1. The van der Waals surface area contributed by atoms with E-state index in [1.54, 1.807) is 12.1 Å². The molecule has 25 heavy (non-hydrogen) atoms. The molecule has 6 heteroatoms. The Morgan fingerprint density at radius 3 is 2.32 bits per heavy atom. The van der Waals surface area contributed by atoms with Gasteiger partial charge in [0.15, 0.2) is 5.96 Å². The Kier molecular flexibility index (Phi) is 6.95. The van der Waals surface area contributed by atoms with E-state index in [1.165, 1.54) is 12.1 Å². The number of benzene rings is 2. The second-order valence-electron chi connectivity index (χ2n) is 6.20. The van der Waals surface area contributed by atoms with E-state index in [-0.39, 0.29) is 5.69 Å². The second kappa shape index (κ2) is 9.42. The first kappa shape index (κ1) is 18.4. The Labute approximate surface area is 148 Å². The van der Waals surface area contributed by atoms with Gasteiger partial charge in [0.25, 0.3) is 5.69 Å². The number of hydrogen-bond acceptors (Lipinski definition) is 3. The van der Waals surface area contributed by atoms with Crippen molar-refractivity contribution in [1.82, 2.24) is 10.6 Å². The highest BCUT2D eigenvalue weighted by Gasteiger charge is 2.05. The summed E-state index contributed by atoms with van der Waals surface area (Å²) >= 11 is 0. The largest absolute Gasteiger partial charge is 0.356 e. The minimum absolute atomic E-state index is 0.0969.